The minimum Gasteiger partial charge on any atom is -0.341 e. The fourth-order valence-electron chi connectivity index (χ4n) is 1.28. The highest BCUT2D eigenvalue weighted by Crippen LogP contribution is 2.05. The molecule has 0 aromatic heterocycles. The zero-order valence-electron chi connectivity index (χ0n) is 8.87. The Morgan fingerprint density at radius 1 is 1.47 bits per heavy atom. The highest BCUT2D eigenvalue weighted by Gasteiger charge is 2.04. The summed E-state index contributed by atoms with van der Waals surface area (Å²) < 4.78 is 12.6. The maximum Gasteiger partial charge on any atom is 0.208 e. The number of aliphatic imine (C=N–C) groups is 1. The van der Waals surface area contributed by atoms with Gasteiger partial charge in [-0.2, -0.15) is 0 Å². The number of nitrogens with one attached hydrogen (secondary N) is 1. The number of halogens is 1. The molecule has 0 atom stereocenters. The number of hydrogen-bond donors (Lipinski definition) is 2. The second kappa shape index (κ2) is 5.31. The van der Waals surface area contributed by atoms with Crippen molar-refractivity contribution in [3.05, 3.63) is 35.6 Å². The molecule has 0 saturated carbocycles. The summed E-state index contributed by atoms with van der Waals surface area (Å²) in [6, 6.07) is 6.33. The van der Waals surface area contributed by atoms with Crippen LogP contribution in [0.5, 0.6) is 0 Å². The van der Waals surface area contributed by atoms with Crippen molar-refractivity contribution in [1.82, 2.24) is 10.3 Å². The zero-order chi connectivity index (χ0) is 11.3. The van der Waals surface area contributed by atoms with Gasteiger partial charge in [0.15, 0.2) is 0 Å². The van der Waals surface area contributed by atoms with Gasteiger partial charge in [-0.1, -0.05) is 12.1 Å². The Bertz CT molecular complexity index is 334. The van der Waals surface area contributed by atoms with Gasteiger partial charge in [0.1, 0.15) is 5.82 Å². The number of nitrogens with two attached hydrogens (primary N) is 1. The number of hydrogen-bond acceptors (Lipinski definition) is 2. The lowest BCUT2D eigenvalue weighted by Crippen LogP contribution is -2.42. The Hall–Kier alpha value is -1.62. The summed E-state index contributed by atoms with van der Waals surface area (Å²) in [4.78, 5) is 5.79. The Labute approximate surface area is 88.6 Å². The van der Waals surface area contributed by atoms with Crippen molar-refractivity contribution in [2.24, 2.45) is 10.8 Å². The molecule has 0 aliphatic rings. The van der Waals surface area contributed by atoms with Crippen LogP contribution in [0.4, 0.5) is 4.39 Å². The van der Waals surface area contributed by atoms with Gasteiger partial charge in [-0.15, -0.1) is 0 Å². The van der Waals surface area contributed by atoms with Gasteiger partial charge in [0, 0.05) is 20.6 Å². The number of nitrogens with zero attached hydrogens (tertiary/aromatic N) is 2. The van der Waals surface area contributed by atoms with Gasteiger partial charge in [0.25, 0.3) is 0 Å². The number of hydrazine groups is 1. The van der Waals surface area contributed by atoms with Crippen LogP contribution in [0, 0.1) is 5.82 Å². The first-order chi connectivity index (χ1) is 7.17. The minimum atomic E-state index is -0.234. The molecule has 0 unspecified atom stereocenters. The Balaban J connectivity index is 2.65. The maximum absolute atomic E-state index is 12.6. The fourth-order valence-corrected chi connectivity index (χ4v) is 1.28. The van der Waals surface area contributed by atoms with E-state index >= 15 is 0 Å². The van der Waals surface area contributed by atoms with Crippen LogP contribution < -0.4 is 11.3 Å². The van der Waals surface area contributed by atoms with E-state index in [1.54, 1.807) is 19.2 Å². The highest BCUT2D eigenvalue weighted by atomic mass is 19.1. The van der Waals surface area contributed by atoms with Crippen LogP contribution in [-0.2, 0) is 6.54 Å². The lowest BCUT2D eigenvalue weighted by molar-refractivity contribution is 0.478. The van der Waals surface area contributed by atoms with Crippen LogP contribution >= 0.6 is 0 Å². The molecule has 0 fully saturated rings. The van der Waals surface area contributed by atoms with Gasteiger partial charge >= 0.3 is 0 Å². The molecule has 3 N–H and O–H groups in total. The summed E-state index contributed by atoms with van der Waals surface area (Å²) in [5, 5.41) is 0. The van der Waals surface area contributed by atoms with Crippen LogP contribution in [0.25, 0.3) is 0 Å². The van der Waals surface area contributed by atoms with E-state index in [1.165, 1.54) is 12.1 Å². The van der Waals surface area contributed by atoms with Crippen LogP contribution in [0.2, 0.25) is 0 Å². The van der Waals surface area contributed by atoms with Gasteiger partial charge in [-0.3, -0.25) is 10.4 Å². The van der Waals surface area contributed by atoms with Gasteiger partial charge < -0.3 is 4.90 Å². The Morgan fingerprint density at radius 2 is 2.07 bits per heavy atom. The maximum atomic E-state index is 12.6. The van der Waals surface area contributed by atoms with Crippen molar-refractivity contribution in [2.45, 2.75) is 6.54 Å². The molecular formula is C10H15FN4. The lowest BCUT2D eigenvalue weighted by Gasteiger charge is -2.20. The molecular weight excluding hydrogens is 195 g/mol. The third kappa shape index (κ3) is 3.21. The molecule has 0 radical (unpaired) electrons. The third-order valence-electron chi connectivity index (χ3n) is 2.04. The lowest BCUT2D eigenvalue weighted by atomic mass is 10.2. The molecule has 0 spiro atoms. The van der Waals surface area contributed by atoms with Gasteiger partial charge in [-0.05, 0) is 17.7 Å². The number of benzene rings is 1. The van der Waals surface area contributed by atoms with E-state index in [2.05, 4.69) is 10.4 Å². The van der Waals surface area contributed by atoms with E-state index in [-0.39, 0.29) is 5.82 Å². The average Bonchev–Trinajstić information content (AvgIpc) is 2.23. The fraction of sp³-hybridized carbons (Fsp3) is 0.300. The first kappa shape index (κ1) is 11.5. The highest BCUT2D eigenvalue weighted by molar-refractivity contribution is 5.78. The van der Waals surface area contributed by atoms with E-state index in [0.29, 0.717) is 12.5 Å². The van der Waals surface area contributed by atoms with Crippen molar-refractivity contribution >= 4 is 5.96 Å². The minimum absolute atomic E-state index is 0.234. The van der Waals surface area contributed by atoms with Crippen molar-refractivity contribution in [1.29, 1.82) is 0 Å². The molecule has 0 aliphatic heterocycles. The molecule has 4 nitrogen and oxygen atoms in total. The summed E-state index contributed by atoms with van der Waals surface area (Å²) in [5.41, 5.74) is 3.48. The first-order valence-corrected chi connectivity index (χ1v) is 4.56. The van der Waals surface area contributed by atoms with Crippen molar-refractivity contribution in [3.63, 3.8) is 0 Å². The second-order valence-electron chi connectivity index (χ2n) is 3.17. The van der Waals surface area contributed by atoms with Crippen molar-refractivity contribution in [3.8, 4) is 0 Å². The molecule has 0 saturated heterocycles. The molecule has 0 bridgehead atoms. The third-order valence-corrected chi connectivity index (χ3v) is 2.04. The predicted molar refractivity (Wildman–Crippen MR) is 58.5 cm³/mol. The molecule has 1 rings (SSSR count). The molecule has 0 amide bonds. The van der Waals surface area contributed by atoms with E-state index in [4.69, 9.17) is 5.84 Å². The Morgan fingerprint density at radius 3 is 2.53 bits per heavy atom. The van der Waals surface area contributed by atoms with Gasteiger partial charge in [0.2, 0.25) is 5.96 Å². The summed E-state index contributed by atoms with van der Waals surface area (Å²) in [5.74, 6) is 5.63. The van der Waals surface area contributed by atoms with Crippen LogP contribution in [-0.4, -0.2) is 25.0 Å². The SMILES string of the molecule is CN=C(NN)N(C)Cc1ccc(F)cc1. The van der Waals surface area contributed by atoms with Crippen molar-refractivity contribution in [2.75, 3.05) is 14.1 Å². The van der Waals surface area contributed by atoms with E-state index in [0.717, 1.165) is 5.56 Å². The average molecular weight is 210 g/mol. The molecule has 1 aromatic carbocycles. The van der Waals surface area contributed by atoms with Crippen LogP contribution in [0.3, 0.4) is 0 Å². The van der Waals surface area contributed by atoms with Crippen molar-refractivity contribution < 1.29 is 4.39 Å². The predicted octanol–water partition coefficient (Wildman–Crippen LogP) is 0.707. The standard InChI is InChI=1S/C10H15FN4/c1-13-10(14-12)15(2)7-8-3-5-9(11)6-4-8/h3-6H,7,12H2,1-2H3,(H,13,14). The largest absolute Gasteiger partial charge is 0.341 e. The summed E-state index contributed by atoms with van der Waals surface area (Å²) in [6.07, 6.45) is 0. The quantitative estimate of drug-likeness (QED) is 0.327. The van der Waals surface area contributed by atoms with Crippen LogP contribution in [0.15, 0.2) is 29.3 Å². The summed E-state index contributed by atoms with van der Waals surface area (Å²) in [6.45, 7) is 0.622. The molecule has 0 heterocycles. The van der Waals surface area contributed by atoms with Gasteiger partial charge in [0.05, 0.1) is 0 Å². The van der Waals surface area contributed by atoms with E-state index in [9.17, 15) is 4.39 Å². The van der Waals surface area contributed by atoms with E-state index < -0.39 is 0 Å². The topological polar surface area (TPSA) is 53.6 Å². The summed E-state index contributed by atoms with van der Waals surface area (Å²) >= 11 is 0. The van der Waals surface area contributed by atoms with E-state index in [1.807, 2.05) is 11.9 Å². The molecule has 15 heavy (non-hydrogen) atoms. The molecule has 5 heteroatoms. The van der Waals surface area contributed by atoms with Crippen LogP contribution in [0.1, 0.15) is 5.56 Å². The summed E-state index contributed by atoms with van der Waals surface area (Å²) in [7, 11) is 3.50. The normalized spacial score (nSPS) is 11.3. The first-order valence-electron chi connectivity index (χ1n) is 4.56. The smallest absolute Gasteiger partial charge is 0.208 e. The van der Waals surface area contributed by atoms with Gasteiger partial charge in [-0.25, -0.2) is 10.2 Å². The monoisotopic (exact) mass is 210 g/mol. The molecule has 82 valence electrons. The molecule has 1 aromatic rings. The number of guanidine groups is 1. The zero-order valence-corrected chi connectivity index (χ0v) is 8.87. The second-order valence-corrected chi connectivity index (χ2v) is 3.17. The number of rotatable bonds is 2. The molecule has 0 aliphatic carbocycles. The Kier molecular flexibility index (Phi) is 4.05.